The van der Waals surface area contributed by atoms with Crippen molar-refractivity contribution in [2.75, 3.05) is 0 Å². The van der Waals surface area contributed by atoms with Gasteiger partial charge in [-0.15, -0.1) is 0 Å². The number of rotatable bonds is 1. The van der Waals surface area contributed by atoms with E-state index < -0.39 is 0 Å². The van der Waals surface area contributed by atoms with Gasteiger partial charge in [0.1, 0.15) is 0 Å². The van der Waals surface area contributed by atoms with Crippen LogP contribution in [0.25, 0.3) is 11.3 Å². The maximum atomic E-state index is 11.2. The molecule has 0 unspecified atom stereocenters. The third kappa shape index (κ3) is 1.59. The Morgan fingerprint density at radius 3 is 2.43 bits per heavy atom. The highest BCUT2D eigenvalue weighted by atomic mass is 35.5. The van der Waals surface area contributed by atoms with Crippen LogP contribution in [0.3, 0.4) is 0 Å². The van der Waals surface area contributed by atoms with Crippen molar-refractivity contribution in [3.05, 3.63) is 46.0 Å². The lowest BCUT2D eigenvalue weighted by Gasteiger charge is -1.95. The van der Waals surface area contributed by atoms with Gasteiger partial charge in [-0.25, -0.2) is 4.79 Å². The number of aromatic nitrogens is 2. The Morgan fingerprint density at radius 2 is 1.93 bits per heavy atom. The topological polar surface area (TPSA) is 37.8 Å². The molecule has 14 heavy (non-hydrogen) atoms. The monoisotopic (exact) mass is 208 g/mol. The highest BCUT2D eigenvalue weighted by Gasteiger charge is 2.01. The number of aromatic amines is 1. The van der Waals surface area contributed by atoms with Gasteiger partial charge >= 0.3 is 5.69 Å². The van der Waals surface area contributed by atoms with Gasteiger partial charge in [0.25, 0.3) is 0 Å². The van der Waals surface area contributed by atoms with Crippen molar-refractivity contribution in [2.24, 2.45) is 7.05 Å². The van der Waals surface area contributed by atoms with E-state index in [4.69, 9.17) is 11.6 Å². The van der Waals surface area contributed by atoms with Crippen molar-refractivity contribution >= 4 is 11.6 Å². The van der Waals surface area contributed by atoms with Crippen LogP contribution >= 0.6 is 11.6 Å². The summed E-state index contributed by atoms with van der Waals surface area (Å²) in [6.07, 6.45) is 1.76. The van der Waals surface area contributed by atoms with Crippen LogP contribution in [0.4, 0.5) is 0 Å². The number of nitrogens with zero attached hydrogens (tertiary/aromatic N) is 1. The van der Waals surface area contributed by atoms with E-state index in [0.29, 0.717) is 5.02 Å². The molecule has 0 amide bonds. The smallest absolute Gasteiger partial charge is 0.306 e. The highest BCUT2D eigenvalue weighted by molar-refractivity contribution is 6.30. The van der Waals surface area contributed by atoms with Gasteiger partial charge in [0.2, 0.25) is 0 Å². The number of hydrogen-bond donors (Lipinski definition) is 1. The molecule has 0 bridgehead atoms. The van der Waals surface area contributed by atoms with Gasteiger partial charge in [-0.2, -0.15) is 0 Å². The number of benzene rings is 1. The van der Waals surface area contributed by atoms with E-state index in [9.17, 15) is 4.79 Å². The van der Waals surface area contributed by atoms with Crippen LogP contribution in [-0.4, -0.2) is 9.55 Å². The quantitative estimate of drug-likeness (QED) is 0.765. The molecule has 0 aliphatic carbocycles. The Balaban J connectivity index is 2.49. The first-order valence-electron chi connectivity index (χ1n) is 4.18. The summed E-state index contributed by atoms with van der Waals surface area (Å²) in [4.78, 5) is 13.9. The first kappa shape index (κ1) is 9.09. The number of halogens is 1. The van der Waals surface area contributed by atoms with Crippen molar-refractivity contribution in [1.29, 1.82) is 0 Å². The molecule has 4 heteroatoms. The number of imidazole rings is 1. The fourth-order valence-electron chi connectivity index (χ4n) is 1.26. The lowest BCUT2D eigenvalue weighted by molar-refractivity contribution is 0.862. The first-order valence-corrected chi connectivity index (χ1v) is 4.56. The Bertz CT molecular complexity index is 496. The minimum atomic E-state index is -0.116. The molecule has 0 atom stereocenters. The number of hydrogen-bond acceptors (Lipinski definition) is 1. The van der Waals surface area contributed by atoms with E-state index in [-0.39, 0.29) is 5.69 Å². The number of H-pyrrole nitrogens is 1. The lowest BCUT2D eigenvalue weighted by Crippen LogP contribution is -2.11. The highest BCUT2D eigenvalue weighted by Crippen LogP contribution is 2.18. The first-order chi connectivity index (χ1) is 6.66. The summed E-state index contributed by atoms with van der Waals surface area (Å²) >= 11 is 5.76. The second-order valence-electron chi connectivity index (χ2n) is 3.09. The minimum absolute atomic E-state index is 0.116. The normalized spacial score (nSPS) is 10.4. The average molecular weight is 209 g/mol. The zero-order valence-corrected chi connectivity index (χ0v) is 8.38. The lowest BCUT2D eigenvalue weighted by atomic mass is 10.2. The summed E-state index contributed by atoms with van der Waals surface area (Å²) in [7, 11) is 1.71. The Labute approximate surface area is 86.0 Å². The molecule has 0 aliphatic heterocycles. The van der Waals surface area contributed by atoms with E-state index in [1.165, 1.54) is 4.57 Å². The SMILES string of the molecule is Cn1cc(-c2ccc(Cl)cc2)[nH]c1=O. The number of nitrogens with one attached hydrogen (secondary N) is 1. The molecule has 2 aromatic rings. The molecule has 72 valence electrons. The van der Waals surface area contributed by atoms with Crippen molar-refractivity contribution in [3.63, 3.8) is 0 Å². The maximum absolute atomic E-state index is 11.2. The largest absolute Gasteiger partial charge is 0.325 e. The summed E-state index contributed by atoms with van der Waals surface area (Å²) < 4.78 is 1.50. The van der Waals surface area contributed by atoms with Crippen molar-refractivity contribution in [2.45, 2.75) is 0 Å². The molecule has 3 nitrogen and oxygen atoms in total. The van der Waals surface area contributed by atoms with E-state index in [0.717, 1.165) is 11.3 Å². The fourth-order valence-corrected chi connectivity index (χ4v) is 1.39. The van der Waals surface area contributed by atoms with Gasteiger partial charge in [-0.1, -0.05) is 23.7 Å². The molecule has 1 aromatic heterocycles. The van der Waals surface area contributed by atoms with E-state index in [2.05, 4.69) is 4.98 Å². The zero-order chi connectivity index (χ0) is 10.1. The summed E-state index contributed by atoms with van der Waals surface area (Å²) in [6.45, 7) is 0. The molecule has 2 rings (SSSR count). The molecule has 0 saturated heterocycles. The van der Waals surface area contributed by atoms with Gasteiger partial charge < -0.3 is 9.55 Å². The van der Waals surface area contributed by atoms with E-state index >= 15 is 0 Å². The van der Waals surface area contributed by atoms with E-state index in [1.807, 2.05) is 12.1 Å². The van der Waals surface area contributed by atoms with Crippen LogP contribution in [0.2, 0.25) is 5.02 Å². The molecule has 1 heterocycles. The minimum Gasteiger partial charge on any atom is -0.306 e. The molecular weight excluding hydrogens is 200 g/mol. The predicted octanol–water partition coefficient (Wildman–Crippen LogP) is 2.03. The maximum Gasteiger partial charge on any atom is 0.325 e. The van der Waals surface area contributed by atoms with E-state index in [1.54, 1.807) is 25.4 Å². The molecule has 0 saturated carbocycles. The summed E-state index contributed by atoms with van der Waals surface area (Å²) in [5.74, 6) is 0. The van der Waals surface area contributed by atoms with Crippen LogP contribution in [0, 0.1) is 0 Å². The number of aryl methyl sites for hydroxylation is 1. The zero-order valence-electron chi connectivity index (χ0n) is 7.62. The van der Waals surface area contributed by atoms with Gasteiger partial charge in [0, 0.05) is 18.3 Å². The second-order valence-corrected chi connectivity index (χ2v) is 3.53. The van der Waals surface area contributed by atoms with Gasteiger partial charge in [-0.05, 0) is 17.7 Å². The second kappa shape index (κ2) is 3.35. The Kier molecular flexibility index (Phi) is 2.17. The summed E-state index contributed by atoms with van der Waals surface area (Å²) in [6, 6.07) is 7.33. The van der Waals surface area contributed by atoms with Crippen molar-refractivity contribution in [3.8, 4) is 11.3 Å². The third-order valence-corrected chi connectivity index (χ3v) is 2.29. The van der Waals surface area contributed by atoms with Gasteiger partial charge in [0.05, 0.1) is 5.69 Å². The fraction of sp³-hybridized carbons (Fsp3) is 0.100. The third-order valence-electron chi connectivity index (χ3n) is 2.04. The average Bonchev–Trinajstić information content (AvgIpc) is 2.48. The van der Waals surface area contributed by atoms with Gasteiger partial charge in [0.15, 0.2) is 0 Å². The Morgan fingerprint density at radius 1 is 1.29 bits per heavy atom. The molecule has 1 aromatic carbocycles. The summed E-state index contributed by atoms with van der Waals surface area (Å²) in [5, 5.41) is 0.687. The van der Waals surface area contributed by atoms with Crippen molar-refractivity contribution in [1.82, 2.24) is 9.55 Å². The van der Waals surface area contributed by atoms with Crippen LogP contribution in [0.5, 0.6) is 0 Å². The molecule has 0 radical (unpaired) electrons. The van der Waals surface area contributed by atoms with Crippen LogP contribution in [0.1, 0.15) is 0 Å². The molecule has 0 aliphatic rings. The molecule has 0 spiro atoms. The standard InChI is InChI=1S/C10H9ClN2O/c1-13-6-9(12-10(13)14)7-2-4-8(11)5-3-7/h2-6H,1H3,(H,12,14). The molecule has 0 fully saturated rings. The van der Waals surface area contributed by atoms with Gasteiger partial charge in [-0.3, -0.25) is 0 Å². The van der Waals surface area contributed by atoms with Crippen molar-refractivity contribution < 1.29 is 0 Å². The van der Waals surface area contributed by atoms with Crippen LogP contribution in [-0.2, 0) is 7.05 Å². The van der Waals surface area contributed by atoms with Crippen LogP contribution < -0.4 is 5.69 Å². The molecular formula is C10H9ClN2O. The molecule has 1 N–H and O–H groups in total. The van der Waals surface area contributed by atoms with Crippen LogP contribution in [0.15, 0.2) is 35.3 Å². The summed E-state index contributed by atoms with van der Waals surface area (Å²) in [5.41, 5.74) is 1.64. The Hall–Kier alpha value is -1.48. The predicted molar refractivity (Wildman–Crippen MR) is 56.5 cm³/mol.